The van der Waals surface area contributed by atoms with E-state index in [1.54, 1.807) is 29.2 Å². The maximum atomic E-state index is 12.1. The third kappa shape index (κ3) is 2.24. The maximum absolute atomic E-state index is 12.1. The van der Waals surface area contributed by atoms with Crippen molar-refractivity contribution >= 4 is 22.4 Å². The molecule has 0 spiro atoms. The van der Waals surface area contributed by atoms with Gasteiger partial charge in [-0.05, 0) is 12.1 Å². The predicted molar refractivity (Wildman–Crippen MR) is 64.6 cm³/mol. The second-order valence-corrected chi connectivity index (χ2v) is 5.42. The zero-order chi connectivity index (χ0) is 11.5. The van der Waals surface area contributed by atoms with Gasteiger partial charge in [-0.15, -0.1) is 0 Å². The fraction of sp³-hybridized carbons (Fsp3) is 0.364. The Kier molecular flexibility index (Phi) is 3.24. The van der Waals surface area contributed by atoms with Gasteiger partial charge in [0.25, 0.3) is 5.91 Å². The van der Waals surface area contributed by atoms with E-state index in [2.05, 4.69) is 0 Å². The normalized spacial score (nSPS) is 17.4. The van der Waals surface area contributed by atoms with E-state index in [-0.39, 0.29) is 5.91 Å². The minimum atomic E-state index is -0.764. The van der Waals surface area contributed by atoms with Crippen LogP contribution in [0, 0.1) is 0 Å². The lowest BCUT2D eigenvalue weighted by Crippen LogP contribution is -2.42. The van der Waals surface area contributed by atoms with Gasteiger partial charge in [0.15, 0.2) is 0 Å². The van der Waals surface area contributed by atoms with Crippen molar-refractivity contribution in [2.24, 2.45) is 0 Å². The van der Waals surface area contributed by atoms with Crippen LogP contribution in [0.2, 0.25) is 0 Å². The molecule has 16 heavy (non-hydrogen) atoms. The van der Waals surface area contributed by atoms with Crippen LogP contribution < -0.4 is 5.73 Å². The minimum Gasteiger partial charge on any atom is -0.398 e. The number of nitrogen functional groups attached to an aromatic ring is 1. The molecule has 0 aromatic heterocycles. The van der Waals surface area contributed by atoms with Gasteiger partial charge in [-0.1, -0.05) is 12.1 Å². The Balaban J connectivity index is 2.14. The van der Waals surface area contributed by atoms with Gasteiger partial charge < -0.3 is 10.6 Å². The lowest BCUT2D eigenvalue weighted by molar-refractivity contribution is 0.0772. The highest BCUT2D eigenvalue weighted by atomic mass is 32.2. The molecule has 1 amide bonds. The average molecular weight is 238 g/mol. The topological polar surface area (TPSA) is 63.4 Å². The van der Waals surface area contributed by atoms with E-state index in [0.717, 1.165) is 0 Å². The van der Waals surface area contributed by atoms with Gasteiger partial charge in [0.05, 0.1) is 5.56 Å². The number of amides is 1. The van der Waals surface area contributed by atoms with Gasteiger partial charge in [-0.2, -0.15) is 0 Å². The van der Waals surface area contributed by atoms with Crippen molar-refractivity contribution in [2.75, 3.05) is 30.3 Å². The van der Waals surface area contributed by atoms with E-state index in [0.29, 0.717) is 35.8 Å². The zero-order valence-corrected chi connectivity index (χ0v) is 9.70. The number of hydrogen-bond donors (Lipinski definition) is 1. The highest BCUT2D eigenvalue weighted by Crippen LogP contribution is 2.14. The van der Waals surface area contributed by atoms with Crippen LogP contribution in [0.5, 0.6) is 0 Å². The average Bonchev–Trinajstić information content (AvgIpc) is 2.30. The third-order valence-electron chi connectivity index (χ3n) is 2.66. The molecule has 0 saturated carbocycles. The molecule has 1 heterocycles. The van der Waals surface area contributed by atoms with Gasteiger partial charge in [0.2, 0.25) is 0 Å². The van der Waals surface area contributed by atoms with E-state index in [4.69, 9.17) is 5.73 Å². The summed E-state index contributed by atoms with van der Waals surface area (Å²) in [6.45, 7) is 1.11. The summed E-state index contributed by atoms with van der Waals surface area (Å²) in [5, 5.41) is 0. The molecule has 1 fully saturated rings. The maximum Gasteiger partial charge on any atom is 0.256 e. The van der Waals surface area contributed by atoms with Gasteiger partial charge in [-0.3, -0.25) is 9.00 Å². The standard InChI is InChI=1S/C11H14N2O2S/c12-10-4-2-1-3-9(10)11(14)13-5-7-16(15)8-6-13/h1-4H,5-8,12H2. The number of para-hydroxylation sites is 1. The Bertz CT molecular complexity index is 424. The summed E-state index contributed by atoms with van der Waals surface area (Å²) in [7, 11) is -0.764. The van der Waals surface area contributed by atoms with Crippen LogP contribution >= 0.6 is 0 Å². The summed E-state index contributed by atoms with van der Waals surface area (Å²) in [5.41, 5.74) is 6.78. The Labute approximate surface area is 96.9 Å². The molecule has 0 radical (unpaired) electrons. The molecule has 0 aliphatic carbocycles. The molecule has 2 N–H and O–H groups in total. The summed E-state index contributed by atoms with van der Waals surface area (Å²) < 4.78 is 11.2. The second-order valence-electron chi connectivity index (χ2n) is 3.73. The first kappa shape index (κ1) is 11.1. The van der Waals surface area contributed by atoms with E-state index in [1.807, 2.05) is 0 Å². The van der Waals surface area contributed by atoms with Crippen molar-refractivity contribution in [3.63, 3.8) is 0 Å². The number of nitrogens with two attached hydrogens (primary N) is 1. The summed E-state index contributed by atoms with van der Waals surface area (Å²) in [4.78, 5) is 13.8. The number of carbonyl (C=O) groups excluding carboxylic acids is 1. The lowest BCUT2D eigenvalue weighted by atomic mass is 10.1. The Morgan fingerprint density at radius 3 is 2.50 bits per heavy atom. The first-order valence-corrected chi connectivity index (χ1v) is 6.66. The molecule has 1 aliphatic rings. The Morgan fingerprint density at radius 2 is 1.88 bits per heavy atom. The van der Waals surface area contributed by atoms with Gasteiger partial charge in [0, 0.05) is 41.1 Å². The zero-order valence-electron chi connectivity index (χ0n) is 8.89. The summed E-state index contributed by atoms with van der Waals surface area (Å²) >= 11 is 0. The van der Waals surface area contributed by atoms with Gasteiger partial charge >= 0.3 is 0 Å². The van der Waals surface area contributed by atoms with E-state index in [1.165, 1.54) is 0 Å². The quantitative estimate of drug-likeness (QED) is 0.723. The number of benzene rings is 1. The van der Waals surface area contributed by atoms with Gasteiger partial charge in [-0.25, -0.2) is 0 Å². The molecule has 4 nitrogen and oxygen atoms in total. The highest BCUT2D eigenvalue weighted by molar-refractivity contribution is 7.85. The van der Waals surface area contributed by atoms with Gasteiger partial charge in [0.1, 0.15) is 0 Å². The number of rotatable bonds is 1. The smallest absolute Gasteiger partial charge is 0.256 e. The molecule has 86 valence electrons. The number of anilines is 1. The van der Waals surface area contributed by atoms with Crippen LogP contribution in [-0.2, 0) is 10.8 Å². The van der Waals surface area contributed by atoms with Crippen molar-refractivity contribution < 1.29 is 9.00 Å². The third-order valence-corrected chi connectivity index (χ3v) is 3.93. The molecular formula is C11H14N2O2S. The van der Waals surface area contributed by atoms with Crippen LogP contribution in [0.4, 0.5) is 5.69 Å². The summed E-state index contributed by atoms with van der Waals surface area (Å²) in [6, 6.07) is 7.04. The first-order chi connectivity index (χ1) is 7.68. The molecule has 1 aliphatic heterocycles. The van der Waals surface area contributed by atoms with Crippen molar-refractivity contribution in [1.82, 2.24) is 4.90 Å². The Morgan fingerprint density at radius 1 is 1.25 bits per heavy atom. The van der Waals surface area contributed by atoms with Crippen LogP contribution in [0.15, 0.2) is 24.3 Å². The number of carbonyl (C=O) groups is 1. The van der Waals surface area contributed by atoms with E-state index < -0.39 is 10.8 Å². The summed E-state index contributed by atoms with van der Waals surface area (Å²) in [5.74, 6) is 1.08. The SMILES string of the molecule is Nc1ccccc1C(=O)N1CCS(=O)CC1. The molecule has 0 atom stereocenters. The van der Waals surface area contributed by atoms with Crippen LogP contribution in [-0.4, -0.2) is 39.6 Å². The monoisotopic (exact) mass is 238 g/mol. The molecule has 1 saturated heterocycles. The molecular weight excluding hydrogens is 224 g/mol. The van der Waals surface area contributed by atoms with Crippen LogP contribution in [0.3, 0.4) is 0 Å². The lowest BCUT2D eigenvalue weighted by Gasteiger charge is -2.26. The predicted octanol–water partition coefficient (Wildman–Crippen LogP) is 0.473. The molecule has 0 unspecified atom stereocenters. The number of hydrogen-bond acceptors (Lipinski definition) is 3. The van der Waals surface area contributed by atoms with Crippen molar-refractivity contribution in [2.45, 2.75) is 0 Å². The van der Waals surface area contributed by atoms with E-state index in [9.17, 15) is 9.00 Å². The Hall–Kier alpha value is -1.36. The van der Waals surface area contributed by atoms with Crippen LogP contribution in [0.25, 0.3) is 0 Å². The summed E-state index contributed by atoms with van der Waals surface area (Å²) in [6.07, 6.45) is 0. The number of nitrogens with zero attached hydrogens (tertiary/aromatic N) is 1. The van der Waals surface area contributed by atoms with E-state index >= 15 is 0 Å². The molecule has 1 aromatic rings. The van der Waals surface area contributed by atoms with Crippen molar-refractivity contribution in [1.29, 1.82) is 0 Å². The second kappa shape index (κ2) is 4.65. The molecule has 2 rings (SSSR count). The molecule has 0 bridgehead atoms. The first-order valence-electron chi connectivity index (χ1n) is 5.17. The highest BCUT2D eigenvalue weighted by Gasteiger charge is 2.22. The fourth-order valence-electron chi connectivity index (χ4n) is 1.70. The fourth-order valence-corrected chi connectivity index (χ4v) is 2.76. The van der Waals surface area contributed by atoms with Crippen LogP contribution in [0.1, 0.15) is 10.4 Å². The molecule has 1 aromatic carbocycles. The minimum absolute atomic E-state index is 0.0604. The van der Waals surface area contributed by atoms with Crippen molar-refractivity contribution in [3.05, 3.63) is 29.8 Å². The van der Waals surface area contributed by atoms with Crippen molar-refractivity contribution in [3.8, 4) is 0 Å². The molecule has 5 heteroatoms. The largest absolute Gasteiger partial charge is 0.398 e.